The molecule has 1 heterocycles. The van der Waals surface area contributed by atoms with Crippen molar-refractivity contribution >= 4 is 34.9 Å². The van der Waals surface area contributed by atoms with Gasteiger partial charge in [-0.1, -0.05) is 55.8 Å². The molecule has 0 bridgehead atoms. The molecule has 36 heavy (non-hydrogen) atoms. The van der Waals surface area contributed by atoms with E-state index in [1.807, 2.05) is 13.8 Å². The van der Waals surface area contributed by atoms with Gasteiger partial charge in [-0.05, 0) is 23.6 Å². The normalized spacial score (nSPS) is 18.8. The zero-order valence-corrected chi connectivity index (χ0v) is 21.0. The van der Waals surface area contributed by atoms with Crippen molar-refractivity contribution in [2.24, 2.45) is 11.1 Å². The number of carbonyl (C=O) groups excluding carboxylic acids is 3. The monoisotopic (exact) mass is 510 g/mol. The Hall–Kier alpha value is -3.78. The molecule has 0 saturated carbocycles. The summed E-state index contributed by atoms with van der Waals surface area (Å²) < 4.78 is 16.6. The molecule has 0 spiro atoms. The molecule has 188 valence electrons. The number of nitrogens with one attached hydrogen (secondary N) is 1. The summed E-state index contributed by atoms with van der Waals surface area (Å²) >= 11 is 6.12. The average molecular weight is 511 g/mol. The Bertz CT molecular complexity index is 1300. The summed E-state index contributed by atoms with van der Waals surface area (Å²) in [6.07, 6.45) is 0.756. The van der Waals surface area contributed by atoms with Crippen molar-refractivity contribution in [3.8, 4) is 5.75 Å². The molecule has 0 saturated heterocycles. The number of ketones is 1. The van der Waals surface area contributed by atoms with Gasteiger partial charge in [-0.25, -0.2) is 4.79 Å². The number of para-hydroxylation sites is 2. The fourth-order valence-corrected chi connectivity index (χ4v) is 4.73. The molecule has 2 aromatic rings. The van der Waals surface area contributed by atoms with Crippen LogP contribution in [0, 0.1) is 5.41 Å². The number of halogens is 1. The minimum absolute atomic E-state index is 0.0147. The van der Waals surface area contributed by atoms with E-state index in [2.05, 4.69) is 5.32 Å². The van der Waals surface area contributed by atoms with Crippen molar-refractivity contribution in [2.45, 2.75) is 32.6 Å². The molecular formula is C27H27ClN2O6. The van der Waals surface area contributed by atoms with Crippen molar-refractivity contribution in [3.63, 3.8) is 0 Å². The largest absolute Gasteiger partial charge is 0.483 e. The maximum Gasteiger partial charge on any atom is 0.340 e. The second kappa shape index (κ2) is 10.1. The number of methoxy groups -OCH3 is 1. The number of allylic oxidation sites excluding steroid dienone is 2. The Kier molecular flexibility index (Phi) is 7.08. The van der Waals surface area contributed by atoms with Gasteiger partial charge in [-0.2, -0.15) is 0 Å². The van der Waals surface area contributed by atoms with E-state index < -0.39 is 17.8 Å². The number of carbonyl (C=O) groups is 3. The average Bonchev–Trinajstić information content (AvgIpc) is 2.82. The summed E-state index contributed by atoms with van der Waals surface area (Å²) in [6, 6.07) is 13.7. The van der Waals surface area contributed by atoms with E-state index in [0.29, 0.717) is 39.8 Å². The number of amides is 1. The Morgan fingerprint density at radius 2 is 1.83 bits per heavy atom. The number of rotatable bonds is 6. The van der Waals surface area contributed by atoms with Gasteiger partial charge in [0.1, 0.15) is 17.1 Å². The molecule has 8 nitrogen and oxygen atoms in total. The van der Waals surface area contributed by atoms with E-state index in [-0.39, 0.29) is 35.7 Å². The molecule has 2 aromatic carbocycles. The fourth-order valence-electron chi connectivity index (χ4n) is 4.55. The molecule has 0 aromatic heterocycles. The quantitative estimate of drug-likeness (QED) is 0.551. The zero-order valence-electron chi connectivity index (χ0n) is 20.2. The van der Waals surface area contributed by atoms with Crippen molar-refractivity contribution in [1.82, 2.24) is 0 Å². The van der Waals surface area contributed by atoms with E-state index in [1.54, 1.807) is 48.5 Å². The lowest BCUT2D eigenvalue weighted by molar-refractivity contribution is -0.136. The van der Waals surface area contributed by atoms with E-state index in [9.17, 15) is 14.4 Å². The zero-order chi connectivity index (χ0) is 26.0. The third-order valence-electron chi connectivity index (χ3n) is 6.10. The molecule has 3 N–H and O–H groups in total. The molecule has 1 aliphatic carbocycles. The van der Waals surface area contributed by atoms with Crippen LogP contribution in [0.5, 0.6) is 5.75 Å². The lowest BCUT2D eigenvalue weighted by atomic mass is 9.70. The molecule has 0 fully saturated rings. The summed E-state index contributed by atoms with van der Waals surface area (Å²) in [6.45, 7) is 3.61. The van der Waals surface area contributed by atoms with Crippen LogP contribution in [0.4, 0.5) is 5.69 Å². The summed E-state index contributed by atoms with van der Waals surface area (Å²) in [5.41, 5.74) is 7.18. The van der Waals surface area contributed by atoms with Gasteiger partial charge in [0.15, 0.2) is 12.4 Å². The van der Waals surface area contributed by atoms with Crippen molar-refractivity contribution < 1.29 is 28.6 Å². The smallest absolute Gasteiger partial charge is 0.340 e. The van der Waals surface area contributed by atoms with E-state index in [0.717, 1.165) is 0 Å². The van der Waals surface area contributed by atoms with Crippen molar-refractivity contribution in [2.75, 3.05) is 19.0 Å². The Morgan fingerprint density at radius 3 is 2.56 bits per heavy atom. The molecule has 1 atom stereocenters. The molecule has 0 radical (unpaired) electrons. The Balaban J connectivity index is 1.69. The van der Waals surface area contributed by atoms with Gasteiger partial charge in [0.2, 0.25) is 5.88 Å². The van der Waals surface area contributed by atoms with Gasteiger partial charge in [0.05, 0.1) is 23.7 Å². The summed E-state index contributed by atoms with van der Waals surface area (Å²) in [5, 5.41) is 3.10. The molecular weight excluding hydrogens is 484 g/mol. The SMILES string of the molecule is COC(=O)C1=C(N)OC2=C(C(=O)CC(C)(C)C2)C1c1ccccc1OCC(=O)Nc1ccccc1Cl. The number of nitrogens with two attached hydrogens (primary N) is 1. The first-order valence-corrected chi connectivity index (χ1v) is 11.8. The minimum atomic E-state index is -0.868. The molecule has 2 aliphatic rings. The lowest BCUT2D eigenvalue weighted by Gasteiger charge is -2.38. The lowest BCUT2D eigenvalue weighted by Crippen LogP contribution is -2.35. The highest BCUT2D eigenvalue weighted by Gasteiger charge is 2.45. The van der Waals surface area contributed by atoms with Gasteiger partial charge in [0.25, 0.3) is 5.91 Å². The first-order chi connectivity index (χ1) is 17.1. The van der Waals surface area contributed by atoms with Crippen LogP contribution in [-0.4, -0.2) is 31.4 Å². The van der Waals surface area contributed by atoms with Crippen molar-refractivity contribution in [3.05, 3.63) is 81.9 Å². The Morgan fingerprint density at radius 1 is 1.14 bits per heavy atom. The topological polar surface area (TPSA) is 117 Å². The van der Waals surface area contributed by atoms with Crippen LogP contribution in [0.3, 0.4) is 0 Å². The predicted molar refractivity (Wildman–Crippen MR) is 134 cm³/mol. The van der Waals surface area contributed by atoms with E-state index >= 15 is 0 Å². The van der Waals surface area contributed by atoms with Crippen LogP contribution >= 0.6 is 11.6 Å². The Labute approximate surface area is 214 Å². The number of benzene rings is 2. The third kappa shape index (κ3) is 5.09. The van der Waals surface area contributed by atoms with Gasteiger partial charge in [0, 0.05) is 24.0 Å². The number of hydrogen-bond donors (Lipinski definition) is 2. The van der Waals surface area contributed by atoms with Crippen LogP contribution in [-0.2, 0) is 23.9 Å². The summed E-state index contributed by atoms with van der Waals surface area (Å²) in [4.78, 5) is 38.7. The minimum Gasteiger partial charge on any atom is -0.483 e. The number of hydrogen-bond acceptors (Lipinski definition) is 7. The maximum absolute atomic E-state index is 13.3. The standard InChI is InChI=1S/C27H27ClN2O6/c1-27(2)12-18(31)23-20(13-27)36-25(29)24(26(33)34-3)22(23)15-8-4-7-11-19(15)35-14-21(32)30-17-10-6-5-9-16(17)28/h4-11,22H,12-14,29H2,1-3H3,(H,30,32). The molecule has 1 amide bonds. The summed E-state index contributed by atoms with van der Waals surface area (Å²) in [7, 11) is 1.23. The number of anilines is 1. The van der Waals surface area contributed by atoms with E-state index in [4.69, 9.17) is 31.5 Å². The van der Waals surface area contributed by atoms with Crippen LogP contribution in [0.15, 0.2) is 71.3 Å². The second-order valence-corrected chi connectivity index (χ2v) is 9.84. The number of ether oxygens (including phenoxy) is 3. The predicted octanol–water partition coefficient (Wildman–Crippen LogP) is 4.46. The first-order valence-electron chi connectivity index (χ1n) is 11.4. The van der Waals surface area contributed by atoms with Crippen molar-refractivity contribution in [1.29, 1.82) is 0 Å². The highest BCUT2D eigenvalue weighted by Crippen LogP contribution is 2.49. The van der Waals surface area contributed by atoms with Gasteiger partial charge < -0.3 is 25.3 Å². The molecule has 1 aliphatic heterocycles. The summed E-state index contributed by atoms with van der Waals surface area (Å²) in [5.74, 6) is -1.53. The highest BCUT2D eigenvalue weighted by atomic mass is 35.5. The van der Waals surface area contributed by atoms with Crippen LogP contribution in [0.1, 0.15) is 38.2 Å². The fraction of sp³-hybridized carbons (Fsp3) is 0.296. The van der Waals surface area contributed by atoms with Crippen LogP contribution < -0.4 is 15.8 Å². The molecule has 1 unspecified atom stereocenters. The third-order valence-corrected chi connectivity index (χ3v) is 6.43. The maximum atomic E-state index is 13.3. The molecule has 9 heteroatoms. The second-order valence-electron chi connectivity index (χ2n) is 9.44. The van der Waals surface area contributed by atoms with E-state index in [1.165, 1.54) is 7.11 Å². The highest BCUT2D eigenvalue weighted by molar-refractivity contribution is 6.33. The number of esters is 1. The molecule has 4 rings (SSSR count). The number of Topliss-reactive ketones (excluding diaryl/α,β-unsaturated/α-hetero) is 1. The van der Waals surface area contributed by atoms with Gasteiger partial charge >= 0.3 is 5.97 Å². The van der Waals surface area contributed by atoms with Crippen LogP contribution in [0.2, 0.25) is 5.02 Å². The van der Waals surface area contributed by atoms with Crippen LogP contribution in [0.25, 0.3) is 0 Å². The van der Waals surface area contributed by atoms with Gasteiger partial charge in [-0.15, -0.1) is 0 Å². The first kappa shape index (κ1) is 25.3. The van der Waals surface area contributed by atoms with Gasteiger partial charge in [-0.3, -0.25) is 9.59 Å².